The van der Waals surface area contributed by atoms with Gasteiger partial charge in [-0.2, -0.15) is 0 Å². The summed E-state index contributed by atoms with van der Waals surface area (Å²) in [6, 6.07) is 17.1. The van der Waals surface area contributed by atoms with Crippen molar-refractivity contribution in [1.82, 2.24) is 9.55 Å². The zero-order chi connectivity index (χ0) is 13.8. The number of para-hydroxylation sites is 3. The van der Waals surface area contributed by atoms with Crippen molar-refractivity contribution in [3.8, 4) is 5.75 Å². The molecule has 0 spiro atoms. The normalized spacial score (nSPS) is 10.6. The van der Waals surface area contributed by atoms with Crippen molar-refractivity contribution in [2.75, 3.05) is 6.61 Å². The molecule has 0 saturated carbocycles. The zero-order valence-corrected chi connectivity index (χ0v) is 10.9. The first kappa shape index (κ1) is 12.4. The standard InChI is InChI=1S/C16H14N2O2/c19-13(11-20-14-6-2-1-3-7-14)10-18-12-17-15-8-4-5-9-16(15)18/h1-9,12H,10-11H2. The minimum Gasteiger partial charge on any atom is -0.486 e. The van der Waals surface area contributed by atoms with Gasteiger partial charge in [0.2, 0.25) is 0 Å². The van der Waals surface area contributed by atoms with Gasteiger partial charge in [0, 0.05) is 0 Å². The van der Waals surface area contributed by atoms with E-state index in [2.05, 4.69) is 4.98 Å². The lowest BCUT2D eigenvalue weighted by Gasteiger charge is -2.06. The molecule has 0 amide bonds. The van der Waals surface area contributed by atoms with Crippen LogP contribution in [0.1, 0.15) is 0 Å². The average molecular weight is 266 g/mol. The number of ether oxygens (including phenoxy) is 1. The first-order valence-electron chi connectivity index (χ1n) is 6.42. The van der Waals surface area contributed by atoms with Crippen LogP contribution < -0.4 is 4.74 Å². The molecular weight excluding hydrogens is 252 g/mol. The van der Waals surface area contributed by atoms with Gasteiger partial charge in [-0.1, -0.05) is 30.3 Å². The summed E-state index contributed by atoms with van der Waals surface area (Å²) in [5, 5.41) is 0. The SMILES string of the molecule is O=C(COc1ccccc1)Cn1cnc2ccccc21. The molecule has 0 aliphatic carbocycles. The summed E-state index contributed by atoms with van der Waals surface area (Å²) in [6.07, 6.45) is 1.69. The third-order valence-electron chi connectivity index (χ3n) is 3.02. The maximum atomic E-state index is 12.0. The molecule has 20 heavy (non-hydrogen) atoms. The van der Waals surface area contributed by atoms with Crippen LogP contribution in [0.3, 0.4) is 0 Å². The molecule has 2 aromatic carbocycles. The Morgan fingerprint density at radius 1 is 1.05 bits per heavy atom. The number of rotatable bonds is 5. The molecule has 0 N–H and O–H groups in total. The topological polar surface area (TPSA) is 44.1 Å². The van der Waals surface area contributed by atoms with Crippen LogP contribution in [0.15, 0.2) is 60.9 Å². The Bertz CT molecular complexity index is 719. The second kappa shape index (κ2) is 5.57. The molecule has 0 saturated heterocycles. The fraction of sp³-hybridized carbons (Fsp3) is 0.125. The fourth-order valence-corrected chi connectivity index (χ4v) is 2.05. The summed E-state index contributed by atoms with van der Waals surface area (Å²) in [4.78, 5) is 16.2. The van der Waals surface area contributed by atoms with Gasteiger partial charge < -0.3 is 9.30 Å². The molecule has 0 bridgehead atoms. The Morgan fingerprint density at radius 3 is 2.65 bits per heavy atom. The molecule has 0 aliphatic heterocycles. The first-order chi connectivity index (χ1) is 9.83. The molecule has 100 valence electrons. The summed E-state index contributed by atoms with van der Waals surface area (Å²) in [7, 11) is 0. The highest BCUT2D eigenvalue weighted by atomic mass is 16.5. The highest BCUT2D eigenvalue weighted by molar-refractivity contribution is 5.82. The average Bonchev–Trinajstić information content (AvgIpc) is 2.90. The summed E-state index contributed by atoms with van der Waals surface area (Å²) >= 11 is 0. The van der Waals surface area contributed by atoms with Crippen LogP contribution in [0.2, 0.25) is 0 Å². The molecule has 0 atom stereocenters. The Hall–Kier alpha value is -2.62. The number of imidazole rings is 1. The largest absolute Gasteiger partial charge is 0.486 e. The van der Waals surface area contributed by atoms with E-state index < -0.39 is 0 Å². The fourth-order valence-electron chi connectivity index (χ4n) is 2.05. The summed E-state index contributed by atoms with van der Waals surface area (Å²) in [5.74, 6) is 0.716. The Morgan fingerprint density at radius 2 is 1.80 bits per heavy atom. The van der Waals surface area contributed by atoms with Gasteiger partial charge in [0.15, 0.2) is 5.78 Å². The molecular formula is C16H14N2O2. The molecule has 0 aliphatic rings. The minimum absolute atomic E-state index is 0.0111. The predicted octanol–water partition coefficient (Wildman–Crippen LogP) is 2.68. The quantitative estimate of drug-likeness (QED) is 0.713. The van der Waals surface area contributed by atoms with E-state index >= 15 is 0 Å². The first-order valence-corrected chi connectivity index (χ1v) is 6.42. The predicted molar refractivity (Wildman–Crippen MR) is 76.7 cm³/mol. The van der Waals surface area contributed by atoms with Crippen molar-refractivity contribution in [3.05, 3.63) is 60.9 Å². The number of carbonyl (C=O) groups is 1. The van der Waals surface area contributed by atoms with E-state index in [1.54, 1.807) is 6.33 Å². The Kier molecular flexibility index (Phi) is 3.46. The number of benzene rings is 2. The van der Waals surface area contributed by atoms with E-state index in [-0.39, 0.29) is 18.9 Å². The number of nitrogens with zero attached hydrogens (tertiary/aromatic N) is 2. The number of hydrogen-bond acceptors (Lipinski definition) is 3. The number of fused-ring (bicyclic) bond motifs is 1. The second-order valence-corrected chi connectivity index (χ2v) is 4.50. The molecule has 3 aromatic rings. The highest BCUT2D eigenvalue weighted by Gasteiger charge is 2.07. The van der Waals surface area contributed by atoms with Crippen LogP contribution in [0.5, 0.6) is 5.75 Å². The molecule has 0 fully saturated rings. The molecule has 4 heteroatoms. The van der Waals surface area contributed by atoms with Gasteiger partial charge in [-0.25, -0.2) is 4.98 Å². The van der Waals surface area contributed by atoms with Gasteiger partial charge in [0.25, 0.3) is 0 Å². The van der Waals surface area contributed by atoms with Crippen molar-refractivity contribution in [3.63, 3.8) is 0 Å². The van der Waals surface area contributed by atoms with Crippen LogP contribution in [-0.2, 0) is 11.3 Å². The van der Waals surface area contributed by atoms with E-state index in [4.69, 9.17) is 4.74 Å². The Labute approximate surface area is 116 Å². The smallest absolute Gasteiger partial charge is 0.189 e. The monoisotopic (exact) mass is 266 g/mol. The lowest BCUT2D eigenvalue weighted by atomic mass is 10.3. The maximum Gasteiger partial charge on any atom is 0.189 e. The van der Waals surface area contributed by atoms with Crippen LogP contribution >= 0.6 is 0 Å². The number of aromatic nitrogens is 2. The van der Waals surface area contributed by atoms with Gasteiger partial charge in [0.1, 0.15) is 12.4 Å². The third kappa shape index (κ3) is 2.69. The van der Waals surface area contributed by atoms with Crippen LogP contribution in [-0.4, -0.2) is 21.9 Å². The van der Waals surface area contributed by atoms with E-state index in [0.717, 1.165) is 11.0 Å². The molecule has 0 radical (unpaired) electrons. The molecule has 3 rings (SSSR count). The number of carbonyl (C=O) groups excluding carboxylic acids is 1. The maximum absolute atomic E-state index is 12.0. The van der Waals surface area contributed by atoms with Gasteiger partial charge in [-0.15, -0.1) is 0 Å². The van der Waals surface area contributed by atoms with Crippen molar-refractivity contribution in [2.24, 2.45) is 0 Å². The lowest BCUT2D eigenvalue weighted by Crippen LogP contribution is -2.17. The van der Waals surface area contributed by atoms with Crippen molar-refractivity contribution in [1.29, 1.82) is 0 Å². The Balaban J connectivity index is 1.64. The van der Waals surface area contributed by atoms with E-state index in [1.165, 1.54) is 0 Å². The van der Waals surface area contributed by atoms with E-state index in [1.807, 2.05) is 59.2 Å². The molecule has 1 aromatic heterocycles. The molecule has 0 unspecified atom stereocenters. The number of Topliss-reactive ketones (excluding diaryl/α,β-unsaturated/α-hetero) is 1. The van der Waals surface area contributed by atoms with Crippen LogP contribution in [0.25, 0.3) is 11.0 Å². The van der Waals surface area contributed by atoms with E-state index in [0.29, 0.717) is 5.75 Å². The zero-order valence-electron chi connectivity index (χ0n) is 10.9. The highest BCUT2D eigenvalue weighted by Crippen LogP contribution is 2.12. The van der Waals surface area contributed by atoms with Crippen molar-refractivity contribution < 1.29 is 9.53 Å². The summed E-state index contributed by atoms with van der Waals surface area (Å²) in [6.45, 7) is 0.337. The number of hydrogen-bond donors (Lipinski definition) is 0. The van der Waals surface area contributed by atoms with Crippen molar-refractivity contribution >= 4 is 16.8 Å². The van der Waals surface area contributed by atoms with Gasteiger partial charge >= 0.3 is 0 Å². The molecule has 1 heterocycles. The number of ketones is 1. The van der Waals surface area contributed by atoms with Crippen LogP contribution in [0.4, 0.5) is 0 Å². The third-order valence-corrected chi connectivity index (χ3v) is 3.02. The molecule has 4 nitrogen and oxygen atoms in total. The lowest BCUT2D eigenvalue weighted by molar-refractivity contribution is -0.121. The van der Waals surface area contributed by atoms with Gasteiger partial charge in [-0.05, 0) is 24.3 Å². The minimum atomic E-state index is 0.0111. The van der Waals surface area contributed by atoms with Crippen LogP contribution in [0, 0.1) is 0 Å². The van der Waals surface area contributed by atoms with Crippen molar-refractivity contribution in [2.45, 2.75) is 6.54 Å². The second-order valence-electron chi connectivity index (χ2n) is 4.50. The summed E-state index contributed by atoms with van der Waals surface area (Å²) < 4.78 is 7.28. The van der Waals surface area contributed by atoms with Gasteiger partial charge in [-0.3, -0.25) is 4.79 Å². The van der Waals surface area contributed by atoms with E-state index in [9.17, 15) is 4.79 Å². The van der Waals surface area contributed by atoms with Gasteiger partial charge in [0.05, 0.1) is 23.9 Å². The summed E-state index contributed by atoms with van der Waals surface area (Å²) in [5.41, 5.74) is 1.85.